The minimum Gasteiger partial charge on any atom is -0.277 e. The molecule has 40 heavy (non-hydrogen) atoms. The lowest BCUT2D eigenvalue weighted by Crippen LogP contribution is -2.04. The van der Waals surface area contributed by atoms with Gasteiger partial charge in [-0.2, -0.15) is 4.98 Å². The Labute approximate surface area is 232 Å². The summed E-state index contributed by atoms with van der Waals surface area (Å²) in [5.41, 5.74) is 4.83. The number of hydrogen-bond acceptors (Lipinski definition) is 4. The highest BCUT2D eigenvalue weighted by Gasteiger charge is 2.23. The van der Waals surface area contributed by atoms with Crippen LogP contribution in [0.4, 0.5) is 0 Å². The number of aromatic nitrogens is 4. The Bertz CT molecular complexity index is 2440. The van der Waals surface area contributed by atoms with Gasteiger partial charge in [-0.25, -0.2) is 9.97 Å². The van der Waals surface area contributed by atoms with E-state index < -0.39 is 0 Å². The molecule has 0 atom stereocenters. The van der Waals surface area contributed by atoms with Crippen LogP contribution in [0.5, 0.6) is 0 Å². The second-order valence-electron chi connectivity index (χ2n) is 10.0. The number of rotatable bonds is 2. The van der Waals surface area contributed by atoms with Crippen molar-refractivity contribution in [3.63, 3.8) is 0 Å². The fourth-order valence-electron chi connectivity index (χ4n) is 6.19. The van der Waals surface area contributed by atoms with Gasteiger partial charge >= 0.3 is 0 Å². The van der Waals surface area contributed by atoms with Crippen LogP contribution in [-0.4, -0.2) is 19.5 Å². The summed E-state index contributed by atoms with van der Waals surface area (Å²) >= 11 is 1.86. The molecule has 9 rings (SSSR count). The van der Waals surface area contributed by atoms with E-state index in [1.54, 1.807) is 6.20 Å². The average Bonchev–Trinajstić information content (AvgIpc) is 3.58. The summed E-state index contributed by atoms with van der Waals surface area (Å²) in [4.78, 5) is 15.1. The molecular formula is C35H20N4S. The summed E-state index contributed by atoms with van der Waals surface area (Å²) in [6.07, 6.45) is 1.80. The van der Waals surface area contributed by atoms with Crippen LogP contribution in [0.15, 0.2) is 121 Å². The first-order valence-corrected chi connectivity index (χ1v) is 14.1. The van der Waals surface area contributed by atoms with Gasteiger partial charge in [0.1, 0.15) is 0 Å². The van der Waals surface area contributed by atoms with Gasteiger partial charge in [-0.3, -0.25) is 4.57 Å². The van der Waals surface area contributed by atoms with Crippen LogP contribution >= 0.6 is 11.3 Å². The maximum absolute atomic E-state index is 5.28. The highest BCUT2D eigenvalue weighted by Crippen LogP contribution is 2.47. The summed E-state index contributed by atoms with van der Waals surface area (Å²) in [5, 5.41) is 8.38. The SMILES string of the molecule is c1ccc(-c2nc(-n3c4ccccc4c4c5ccccc5c5sc6ccccc6c5c43)nc3ncccc23)cc1. The summed E-state index contributed by atoms with van der Waals surface area (Å²) in [6.45, 7) is 0. The first-order valence-electron chi connectivity index (χ1n) is 13.3. The predicted molar refractivity (Wildman–Crippen MR) is 168 cm³/mol. The minimum atomic E-state index is 0.628. The highest BCUT2D eigenvalue weighted by atomic mass is 32.1. The molecule has 0 aliphatic rings. The van der Waals surface area contributed by atoms with Gasteiger partial charge in [-0.05, 0) is 29.7 Å². The molecule has 0 unspecified atom stereocenters. The van der Waals surface area contributed by atoms with Gasteiger partial charge in [0.05, 0.1) is 16.7 Å². The lowest BCUT2D eigenvalue weighted by Gasteiger charge is -2.12. The van der Waals surface area contributed by atoms with Crippen LogP contribution in [0.25, 0.3) is 81.0 Å². The van der Waals surface area contributed by atoms with Crippen molar-refractivity contribution in [3.8, 4) is 17.2 Å². The average molecular weight is 529 g/mol. The van der Waals surface area contributed by atoms with Gasteiger partial charge in [0.25, 0.3) is 0 Å². The smallest absolute Gasteiger partial charge is 0.237 e. The molecular weight excluding hydrogens is 508 g/mol. The van der Waals surface area contributed by atoms with Gasteiger partial charge in [-0.15, -0.1) is 11.3 Å². The first-order chi connectivity index (χ1) is 19.9. The summed E-state index contributed by atoms with van der Waals surface area (Å²) in [5.74, 6) is 0.628. The molecule has 0 bridgehead atoms. The second kappa shape index (κ2) is 8.18. The Balaban J connectivity index is 1.55. The van der Waals surface area contributed by atoms with E-state index in [9.17, 15) is 0 Å². The number of hydrogen-bond donors (Lipinski definition) is 0. The summed E-state index contributed by atoms with van der Waals surface area (Å²) in [6, 6.07) is 40.4. The third kappa shape index (κ3) is 2.92. The van der Waals surface area contributed by atoms with Crippen molar-refractivity contribution in [1.29, 1.82) is 0 Å². The topological polar surface area (TPSA) is 43.6 Å². The minimum absolute atomic E-state index is 0.628. The van der Waals surface area contributed by atoms with E-state index in [-0.39, 0.29) is 0 Å². The molecule has 0 fully saturated rings. The lowest BCUT2D eigenvalue weighted by atomic mass is 10.00. The summed E-state index contributed by atoms with van der Waals surface area (Å²) < 4.78 is 4.83. The van der Waals surface area contributed by atoms with Gasteiger partial charge < -0.3 is 0 Å². The van der Waals surface area contributed by atoms with Crippen LogP contribution < -0.4 is 0 Å². The predicted octanol–water partition coefficient (Wildman–Crippen LogP) is 9.31. The van der Waals surface area contributed by atoms with Gasteiger partial charge in [0.15, 0.2) is 5.65 Å². The molecule has 0 saturated carbocycles. The van der Waals surface area contributed by atoms with Crippen molar-refractivity contribution in [3.05, 3.63) is 121 Å². The zero-order chi connectivity index (χ0) is 26.2. The molecule has 0 saturated heterocycles. The number of pyridine rings is 1. The number of thiophene rings is 1. The quantitative estimate of drug-likeness (QED) is 0.225. The van der Waals surface area contributed by atoms with Crippen molar-refractivity contribution in [2.24, 2.45) is 0 Å². The Kier molecular flexibility index (Phi) is 4.45. The first kappa shape index (κ1) is 21.8. The van der Waals surface area contributed by atoms with E-state index >= 15 is 0 Å². The Hall–Kier alpha value is -5.13. The molecule has 186 valence electrons. The number of benzene rings is 5. The lowest BCUT2D eigenvalue weighted by molar-refractivity contribution is 1.01. The standard InChI is InChI=1S/C35H20N4S/c1-2-11-21(12-3-1)31-26-17-10-20-36-34(26)38-35(37-31)39-27-18-8-6-15-24(27)29-22-13-4-5-14-23(22)33-30(32(29)39)25-16-7-9-19-28(25)40-33/h1-20H. The molecule has 0 radical (unpaired) electrons. The third-order valence-electron chi connectivity index (χ3n) is 7.85. The van der Waals surface area contributed by atoms with E-state index in [2.05, 4.69) is 101 Å². The van der Waals surface area contributed by atoms with Crippen LogP contribution in [0.2, 0.25) is 0 Å². The molecule has 0 aliphatic heterocycles. The van der Waals surface area contributed by atoms with Crippen molar-refractivity contribution in [2.75, 3.05) is 0 Å². The van der Waals surface area contributed by atoms with E-state index in [0.717, 1.165) is 27.7 Å². The molecule has 0 N–H and O–H groups in total. The normalized spacial score (nSPS) is 12.0. The number of nitrogens with zero attached hydrogens (tertiary/aromatic N) is 4. The monoisotopic (exact) mass is 528 g/mol. The molecule has 4 nitrogen and oxygen atoms in total. The van der Waals surface area contributed by atoms with Crippen molar-refractivity contribution in [1.82, 2.24) is 19.5 Å². The molecule has 4 aromatic heterocycles. The van der Waals surface area contributed by atoms with Crippen LogP contribution in [0.1, 0.15) is 0 Å². The van der Waals surface area contributed by atoms with Gasteiger partial charge in [-0.1, -0.05) is 91.0 Å². The fourth-order valence-corrected chi connectivity index (χ4v) is 7.44. The Morgan fingerprint density at radius 1 is 0.550 bits per heavy atom. The van der Waals surface area contributed by atoms with E-state index in [0.29, 0.717) is 11.6 Å². The van der Waals surface area contributed by atoms with Crippen molar-refractivity contribution < 1.29 is 0 Å². The molecule has 5 heteroatoms. The van der Waals surface area contributed by atoms with Crippen LogP contribution in [-0.2, 0) is 0 Å². The van der Waals surface area contributed by atoms with Crippen LogP contribution in [0.3, 0.4) is 0 Å². The molecule has 9 aromatic rings. The number of fused-ring (bicyclic) bond motifs is 11. The van der Waals surface area contributed by atoms with Gasteiger partial charge in [0, 0.05) is 53.5 Å². The molecule has 0 spiro atoms. The zero-order valence-electron chi connectivity index (χ0n) is 21.2. The van der Waals surface area contributed by atoms with Crippen molar-refractivity contribution >= 4 is 75.1 Å². The highest BCUT2D eigenvalue weighted by molar-refractivity contribution is 7.27. The maximum Gasteiger partial charge on any atom is 0.237 e. The molecule has 5 aromatic carbocycles. The van der Waals surface area contributed by atoms with E-state index in [1.807, 2.05) is 35.6 Å². The maximum atomic E-state index is 5.28. The van der Waals surface area contributed by atoms with E-state index in [4.69, 9.17) is 9.97 Å². The zero-order valence-corrected chi connectivity index (χ0v) is 22.1. The van der Waals surface area contributed by atoms with E-state index in [1.165, 1.54) is 41.7 Å². The number of para-hydroxylation sites is 1. The molecule has 0 amide bonds. The van der Waals surface area contributed by atoms with Crippen molar-refractivity contribution in [2.45, 2.75) is 0 Å². The molecule has 4 heterocycles. The van der Waals surface area contributed by atoms with Gasteiger partial charge in [0.2, 0.25) is 5.95 Å². The largest absolute Gasteiger partial charge is 0.277 e. The second-order valence-corrected chi connectivity index (χ2v) is 11.1. The fraction of sp³-hybridized carbons (Fsp3) is 0. The molecule has 0 aliphatic carbocycles. The van der Waals surface area contributed by atoms with Crippen LogP contribution in [0, 0.1) is 0 Å². The third-order valence-corrected chi connectivity index (χ3v) is 9.06. The Morgan fingerprint density at radius 3 is 2.12 bits per heavy atom. The Morgan fingerprint density at radius 2 is 1.25 bits per heavy atom. The summed E-state index contributed by atoms with van der Waals surface area (Å²) in [7, 11) is 0.